The summed E-state index contributed by atoms with van der Waals surface area (Å²) in [6.45, 7) is 4.28. The first-order valence-electron chi connectivity index (χ1n) is 3.93. The van der Waals surface area contributed by atoms with Crippen LogP contribution in [0, 0.1) is 0 Å². The fraction of sp³-hybridized carbons (Fsp3) is 0.714. The second-order valence-corrected chi connectivity index (χ2v) is 3.84. The van der Waals surface area contributed by atoms with Crippen LogP contribution in [-0.4, -0.2) is 23.3 Å². The lowest BCUT2D eigenvalue weighted by molar-refractivity contribution is 0.444. The summed E-state index contributed by atoms with van der Waals surface area (Å²) in [5, 5.41) is 13.8. The predicted molar refractivity (Wildman–Crippen MR) is 44.9 cm³/mol. The molecular formula is C7H11N3S. The Bertz CT molecular complexity index is 242. The van der Waals surface area contributed by atoms with Gasteiger partial charge >= 0.3 is 0 Å². The van der Waals surface area contributed by atoms with E-state index in [1.165, 1.54) is 5.01 Å². The Hall–Kier alpha value is -0.480. The zero-order valence-electron chi connectivity index (χ0n) is 6.50. The normalized spacial score (nSPS) is 18.3. The summed E-state index contributed by atoms with van der Waals surface area (Å²) >= 11 is 1.75. The lowest BCUT2D eigenvalue weighted by atomic mass is 10.1. The fourth-order valence-corrected chi connectivity index (χ4v) is 1.92. The van der Waals surface area contributed by atoms with E-state index in [0.717, 1.165) is 24.5 Å². The van der Waals surface area contributed by atoms with Gasteiger partial charge in [0.1, 0.15) is 10.0 Å². The van der Waals surface area contributed by atoms with Crippen molar-refractivity contribution >= 4 is 11.3 Å². The number of nitrogens with zero attached hydrogens (tertiary/aromatic N) is 2. The highest BCUT2D eigenvalue weighted by molar-refractivity contribution is 7.11. The SMILES string of the molecule is CCc1nnc(C2CNC2)s1. The predicted octanol–water partition coefficient (Wildman–Crippen LogP) is 0.787. The van der Waals surface area contributed by atoms with Crippen molar-refractivity contribution in [2.75, 3.05) is 13.1 Å². The van der Waals surface area contributed by atoms with Crippen LogP contribution in [0.4, 0.5) is 0 Å². The second-order valence-electron chi connectivity index (χ2n) is 2.74. The molecule has 1 fully saturated rings. The zero-order chi connectivity index (χ0) is 7.68. The molecule has 2 heterocycles. The van der Waals surface area contributed by atoms with Gasteiger partial charge in [-0.1, -0.05) is 6.92 Å². The van der Waals surface area contributed by atoms with Gasteiger partial charge in [-0.3, -0.25) is 0 Å². The van der Waals surface area contributed by atoms with Crippen LogP contribution in [0.2, 0.25) is 0 Å². The molecule has 1 N–H and O–H groups in total. The van der Waals surface area contributed by atoms with Crippen molar-refractivity contribution in [1.82, 2.24) is 15.5 Å². The van der Waals surface area contributed by atoms with Crippen LogP contribution in [0.3, 0.4) is 0 Å². The van der Waals surface area contributed by atoms with E-state index < -0.39 is 0 Å². The average Bonchev–Trinajstić information content (AvgIpc) is 2.32. The molecule has 0 radical (unpaired) electrons. The molecule has 2 rings (SSSR count). The van der Waals surface area contributed by atoms with E-state index in [0.29, 0.717) is 5.92 Å². The summed E-state index contributed by atoms with van der Waals surface area (Å²) in [6, 6.07) is 0. The van der Waals surface area contributed by atoms with Gasteiger partial charge in [0.25, 0.3) is 0 Å². The minimum Gasteiger partial charge on any atom is -0.315 e. The first kappa shape index (κ1) is 7.18. The Kier molecular flexibility index (Phi) is 1.87. The molecule has 1 aromatic rings. The minimum absolute atomic E-state index is 0.646. The highest BCUT2D eigenvalue weighted by Gasteiger charge is 2.22. The van der Waals surface area contributed by atoms with Crippen LogP contribution in [0.5, 0.6) is 0 Å². The molecule has 0 aliphatic carbocycles. The van der Waals surface area contributed by atoms with Crippen LogP contribution >= 0.6 is 11.3 Å². The van der Waals surface area contributed by atoms with Crippen molar-refractivity contribution in [2.24, 2.45) is 0 Å². The van der Waals surface area contributed by atoms with E-state index in [-0.39, 0.29) is 0 Å². The van der Waals surface area contributed by atoms with Crippen LogP contribution in [0.1, 0.15) is 22.9 Å². The Morgan fingerprint density at radius 3 is 2.82 bits per heavy atom. The molecular weight excluding hydrogens is 158 g/mol. The molecule has 1 aromatic heterocycles. The van der Waals surface area contributed by atoms with Gasteiger partial charge in [-0.05, 0) is 6.42 Å². The van der Waals surface area contributed by atoms with Gasteiger partial charge in [-0.25, -0.2) is 0 Å². The third-order valence-electron chi connectivity index (χ3n) is 1.92. The molecule has 0 atom stereocenters. The van der Waals surface area contributed by atoms with Gasteiger partial charge < -0.3 is 5.32 Å². The maximum absolute atomic E-state index is 4.14. The first-order valence-corrected chi connectivity index (χ1v) is 4.74. The van der Waals surface area contributed by atoms with Crippen molar-refractivity contribution in [3.63, 3.8) is 0 Å². The van der Waals surface area contributed by atoms with Crippen molar-refractivity contribution in [1.29, 1.82) is 0 Å². The Morgan fingerprint density at radius 2 is 2.36 bits per heavy atom. The third kappa shape index (κ3) is 1.28. The van der Waals surface area contributed by atoms with Crippen molar-refractivity contribution < 1.29 is 0 Å². The maximum Gasteiger partial charge on any atom is 0.123 e. The second kappa shape index (κ2) is 2.87. The number of hydrogen-bond donors (Lipinski definition) is 1. The lowest BCUT2D eigenvalue weighted by Crippen LogP contribution is -2.39. The van der Waals surface area contributed by atoms with Crippen molar-refractivity contribution in [2.45, 2.75) is 19.3 Å². The van der Waals surface area contributed by atoms with E-state index in [9.17, 15) is 0 Å². The van der Waals surface area contributed by atoms with Crippen LogP contribution in [0.25, 0.3) is 0 Å². The molecule has 11 heavy (non-hydrogen) atoms. The molecule has 0 unspecified atom stereocenters. The number of aryl methyl sites for hydroxylation is 1. The molecule has 0 amide bonds. The molecule has 0 spiro atoms. The molecule has 4 heteroatoms. The summed E-state index contributed by atoms with van der Waals surface area (Å²) in [7, 11) is 0. The molecule has 0 bridgehead atoms. The van der Waals surface area contributed by atoms with Gasteiger partial charge in [-0.2, -0.15) is 0 Å². The largest absolute Gasteiger partial charge is 0.315 e. The smallest absolute Gasteiger partial charge is 0.123 e. The Morgan fingerprint density at radius 1 is 1.55 bits per heavy atom. The van der Waals surface area contributed by atoms with Crippen LogP contribution in [0.15, 0.2) is 0 Å². The average molecular weight is 169 g/mol. The van der Waals surface area contributed by atoms with Crippen LogP contribution < -0.4 is 5.32 Å². The molecule has 0 aromatic carbocycles. The summed E-state index contributed by atoms with van der Waals surface area (Å²) in [4.78, 5) is 0. The molecule has 1 saturated heterocycles. The monoisotopic (exact) mass is 169 g/mol. The third-order valence-corrected chi connectivity index (χ3v) is 3.15. The standard InChI is InChI=1S/C7H11N3S/c1-2-6-9-10-7(11-6)5-3-8-4-5/h5,8H,2-4H2,1H3. The van der Waals surface area contributed by atoms with E-state index in [2.05, 4.69) is 22.4 Å². The van der Waals surface area contributed by atoms with E-state index in [1.54, 1.807) is 11.3 Å². The topological polar surface area (TPSA) is 37.8 Å². The van der Waals surface area contributed by atoms with Gasteiger partial charge in [0.15, 0.2) is 0 Å². The van der Waals surface area contributed by atoms with Crippen LogP contribution in [-0.2, 0) is 6.42 Å². The Balaban J connectivity index is 2.11. The highest BCUT2D eigenvalue weighted by Crippen LogP contribution is 2.23. The first-order chi connectivity index (χ1) is 5.40. The van der Waals surface area contributed by atoms with E-state index >= 15 is 0 Å². The van der Waals surface area contributed by atoms with Gasteiger partial charge in [0, 0.05) is 19.0 Å². The Labute approximate surface area is 69.8 Å². The number of hydrogen-bond acceptors (Lipinski definition) is 4. The van der Waals surface area contributed by atoms with Crippen molar-refractivity contribution in [3.8, 4) is 0 Å². The summed E-state index contributed by atoms with van der Waals surface area (Å²) in [5.74, 6) is 0.646. The molecule has 1 aliphatic rings. The number of rotatable bonds is 2. The summed E-state index contributed by atoms with van der Waals surface area (Å²) in [5.41, 5.74) is 0. The van der Waals surface area contributed by atoms with E-state index in [1.807, 2.05) is 0 Å². The molecule has 3 nitrogen and oxygen atoms in total. The fourth-order valence-electron chi connectivity index (χ4n) is 1.04. The quantitative estimate of drug-likeness (QED) is 0.711. The minimum atomic E-state index is 0.646. The zero-order valence-corrected chi connectivity index (χ0v) is 7.32. The summed E-state index contributed by atoms with van der Waals surface area (Å²) in [6.07, 6.45) is 1.01. The number of aromatic nitrogens is 2. The van der Waals surface area contributed by atoms with E-state index in [4.69, 9.17) is 0 Å². The van der Waals surface area contributed by atoms with Gasteiger partial charge in [0.2, 0.25) is 0 Å². The highest BCUT2D eigenvalue weighted by atomic mass is 32.1. The maximum atomic E-state index is 4.14. The lowest BCUT2D eigenvalue weighted by Gasteiger charge is -2.23. The molecule has 0 saturated carbocycles. The van der Waals surface area contributed by atoms with Gasteiger partial charge in [-0.15, -0.1) is 21.5 Å². The number of nitrogens with one attached hydrogen (secondary N) is 1. The van der Waals surface area contributed by atoms with Crippen molar-refractivity contribution in [3.05, 3.63) is 10.0 Å². The molecule has 60 valence electrons. The summed E-state index contributed by atoms with van der Waals surface area (Å²) < 4.78 is 0. The van der Waals surface area contributed by atoms with Gasteiger partial charge in [0.05, 0.1) is 0 Å². The molecule has 1 aliphatic heterocycles.